The Morgan fingerprint density at radius 2 is 2.21 bits per heavy atom. The van der Waals surface area contributed by atoms with E-state index in [1.54, 1.807) is 0 Å². The molecule has 1 heterocycles. The van der Waals surface area contributed by atoms with Crippen molar-refractivity contribution in [2.75, 3.05) is 11.4 Å². The van der Waals surface area contributed by atoms with Crippen molar-refractivity contribution in [3.05, 3.63) is 28.2 Å². The van der Waals surface area contributed by atoms with Crippen LogP contribution < -0.4 is 4.90 Å². The van der Waals surface area contributed by atoms with Crippen LogP contribution in [0.2, 0.25) is 0 Å². The van der Waals surface area contributed by atoms with Gasteiger partial charge in [0.05, 0.1) is 0 Å². The van der Waals surface area contributed by atoms with E-state index in [9.17, 15) is 4.79 Å². The molecule has 2 rings (SSSR count). The van der Waals surface area contributed by atoms with E-state index >= 15 is 0 Å². The smallest absolute Gasteiger partial charge is 0.227 e. The number of hydrogen-bond acceptors (Lipinski definition) is 1. The highest BCUT2D eigenvalue weighted by atomic mass is 79.9. The second kappa shape index (κ2) is 3.73. The number of carbonyl (C=O) groups is 1. The summed E-state index contributed by atoms with van der Waals surface area (Å²) in [5.41, 5.74) is 2.20. The van der Waals surface area contributed by atoms with Gasteiger partial charge in [0.1, 0.15) is 0 Å². The van der Waals surface area contributed by atoms with Gasteiger partial charge in [0.15, 0.2) is 0 Å². The Bertz CT molecular complexity index is 376. The molecule has 0 spiro atoms. The summed E-state index contributed by atoms with van der Waals surface area (Å²) < 4.78 is 1.06. The highest BCUT2D eigenvalue weighted by Gasteiger charge is 2.22. The number of aryl methyl sites for hydroxylation is 1. The first-order valence-corrected chi connectivity index (χ1v) is 5.54. The molecular weight excluding hydrogens is 242 g/mol. The summed E-state index contributed by atoms with van der Waals surface area (Å²) in [6.07, 6.45) is 1.67. The maximum atomic E-state index is 11.5. The van der Waals surface area contributed by atoms with Crippen LogP contribution in [0.15, 0.2) is 22.7 Å². The maximum Gasteiger partial charge on any atom is 0.227 e. The Kier molecular flexibility index (Phi) is 2.59. The molecule has 0 N–H and O–H groups in total. The number of benzene rings is 1. The van der Waals surface area contributed by atoms with Crippen molar-refractivity contribution >= 4 is 27.5 Å². The van der Waals surface area contributed by atoms with Crippen molar-refractivity contribution in [3.63, 3.8) is 0 Å². The summed E-state index contributed by atoms with van der Waals surface area (Å²) in [7, 11) is 0. The van der Waals surface area contributed by atoms with Gasteiger partial charge in [-0.15, -0.1) is 0 Å². The fourth-order valence-corrected chi connectivity index (χ4v) is 2.30. The zero-order chi connectivity index (χ0) is 10.1. The highest BCUT2D eigenvalue weighted by molar-refractivity contribution is 9.10. The van der Waals surface area contributed by atoms with E-state index in [0.29, 0.717) is 6.42 Å². The summed E-state index contributed by atoms with van der Waals surface area (Å²) in [5.74, 6) is 0.246. The maximum absolute atomic E-state index is 11.5. The number of carbonyl (C=O) groups excluding carboxylic acids is 1. The van der Waals surface area contributed by atoms with Crippen molar-refractivity contribution in [1.82, 2.24) is 0 Å². The molecule has 0 aliphatic carbocycles. The van der Waals surface area contributed by atoms with Crippen molar-refractivity contribution in [2.45, 2.75) is 19.8 Å². The second-order valence-electron chi connectivity index (χ2n) is 3.58. The first kappa shape index (κ1) is 9.71. The molecule has 3 heteroatoms. The van der Waals surface area contributed by atoms with Crippen LogP contribution in [0.25, 0.3) is 0 Å². The number of anilines is 1. The van der Waals surface area contributed by atoms with E-state index in [4.69, 9.17) is 0 Å². The molecule has 1 aliphatic rings. The number of hydrogen-bond donors (Lipinski definition) is 0. The fraction of sp³-hybridized carbons (Fsp3) is 0.364. The molecule has 1 aliphatic heterocycles. The Morgan fingerprint density at radius 1 is 1.43 bits per heavy atom. The molecule has 0 bridgehead atoms. The minimum atomic E-state index is 0.246. The SMILES string of the molecule is Cc1cc(Br)ccc1N1CCCC1=O. The molecule has 1 aromatic carbocycles. The summed E-state index contributed by atoms with van der Waals surface area (Å²) in [6, 6.07) is 6.03. The molecule has 74 valence electrons. The average Bonchev–Trinajstić information content (AvgIpc) is 2.52. The summed E-state index contributed by atoms with van der Waals surface area (Å²) in [5, 5.41) is 0. The molecule has 0 aromatic heterocycles. The van der Waals surface area contributed by atoms with Crippen LogP contribution in [-0.2, 0) is 4.79 Å². The third-order valence-electron chi connectivity index (χ3n) is 2.52. The molecule has 0 saturated carbocycles. The normalized spacial score (nSPS) is 16.4. The molecule has 0 unspecified atom stereocenters. The monoisotopic (exact) mass is 253 g/mol. The molecular formula is C11H12BrNO. The molecule has 1 aromatic rings. The lowest BCUT2D eigenvalue weighted by Gasteiger charge is -2.18. The number of halogens is 1. The summed E-state index contributed by atoms with van der Waals surface area (Å²) >= 11 is 3.42. The zero-order valence-electron chi connectivity index (χ0n) is 8.09. The predicted molar refractivity (Wildman–Crippen MR) is 60.5 cm³/mol. The number of amides is 1. The van der Waals surface area contributed by atoms with E-state index in [-0.39, 0.29) is 5.91 Å². The van der Waals surface area contributed by atoms with E-state index in [1.165, 1.54) is 0 Å². The van der Waals surface area contributed by atoms with E-state index in [2.05, 4.69) is 15.9 Å². The molecule has 0 atom stereocenters. The van der Waals surface area contributed by atoms with Gasteiger partial charge in [-0.1, -0.05) is 15.9 Å². The lowest BCUT2D eigenvalue weighted by molar-refractivity contribution is -0.117. The van der Waals surface area contributed by atoms with Crippen LogP contribution in [-0.4, -0.2) is 12.5 Å². The van der Waals surface area contributed by atoms with Gasteiger partial charge < -0.3 is 4.90 Å². The molecule has 0 radical (unpaired) electrons. The molecule has 2 nitrogen and oxygen atoms in total. The largest absolute Gasteiger partial charge is 0.312 e. The number of rotatable bonds is 1. The topological polar surface area (TPSA) is 20.3 Å². The Hall–Kier alpha value is -0.830. The molecule has 1 amide bonds. The van der Waals surface area contributed by atoms with Crippen molar-refractivity contribution in [1.29, 1.82) is 0 Å². The van der Waals surface area contributed by atoms with Gasteiger partial charge in [-0.2, -0.15) is 0 Å². The van der Waals surface area contributed by atoms with Gasteiger partial charge in [-0.05, 0) is 37.1 Å². The van der Waals surface area contributed by atoms with Crippen molar-refractivity contribution < 1.29 is 4.79 Å². The first-order chi connectivity index (χ1) is 6.68. The minimum absolute atomic E-state index is 0.246. The summed E-state index contributed by atoms with van der Waals surface area (Å²) in [6.45, 7) is 2.90. The second-order valence-corrected chi connectivity index (χ2v) is 4.50. The average molecular weight is 254 g/mol. The van der Waals surface area contributed by atoms with Gasteiger partial charge in [0.25, 0.3) is 0 Å². The van der Waals surface area contributed by atoms with Crippen LogP contribution >= 0.6 is 15.9 Å². The quantitative estimate of drug-likeness (QED) is 0.754. The minimum Gasteiger partial charge on any atom is -0.312 e. The Balaban J connectivity index is 2.36. The molecule has 14 heavy (non-hydrogen) atoms. The third-order valence-corrected chi connectivity index (χ3v) is 3.02. The Labute approximate surface area is 92.0 Å². The van der Waals surface area contributed by atoms with Crippen LogP contribution in [0.5, 0.6) is 0 Å². The van der Waals surface area contributed by atoms with Gasteiger partial charge in [-0.25, -0.2) is 0 Å². The zero-order valence-corrected chi connectivity index (χ0v) is 9.67. The Morgan fingerprint density at radius 3 is 2.79 bits per heavy atom. The van der Waals surface area contributed by atoms with Crippen molar-refractivity contribution in [2.24, 2.45) is 0 Å². The third kappa shape index (κ3) is 1.69. The van der Waals surface area contributed by atoms with Gasteiger partial charge >= 0.3 is 0 Å². The standard InChI is InChI=1S/C11H12BrNO/c1-8-7-9(12)4-5-10(8)13-6-2-3-11(13)14/h4-5,7H,2-3,6H2,1H3. The first-order valence-electron chi connectivity index (χ1n) is 4.75. The number of nitrogens with zero attached hydrogens (tertiary/aromatic N) is 1. The van der Waals surface area contributed by atoms with E-state index in [0.717, 1.165) is 28.7 Å². The van der Waals surface area contributed by atoms with Gasteiger partial charge in [0, 0.05) is 23.1 Å². The lowest BCUT2D eigenvalue weighted by Crippen LogP contribution is -2.24. The van der Waals surface area contributed by atoms with Crippen LogP contribution in [0, 0.1) is 6.92 Å². The fourth-order valence-electron chi connectivity index (χ4n) is 1.82. The predicted octanol–water partition coefficient (Wildman–Crippen LogP) is 2.88. The van der Waals surface area contributed by atoms with E-state index in [1.807, 2.05) is 30.0 Å². The highest BCUT2D eigenvalue weighted by Crippen LogP contribution is 2.27. The summed E-state index contributed by atoms with van der Waals surface area (Å²) in [4.78, 5) is 13.4. The molecule has 1 saturated heterocycles. The van der Waals surface area contributed by atoms with Gasteiger partial charge in [-0.3, -0.25) is 4.79 Å². The lowest BCUT2D eigenvalue weighted by atomic mass is 10.2. The van der Waals surface area contributed by atoms with Crippen LogP contribution in [0.4, 0.5) is 5.69 Å². The van der Waals surface area contributed by atoms with Crippen molar-refractivity contribution in [3.8, 4) is 0 Å². The van der Waals surface area contributed by atoms with E-state index < -0.39 is 0 Å². The van der Waals surface area contributed by atoms with Crippen LogP contribution in [0.3, 0.4) is 0 Å². The van der Waals surface area contributed by atoms with Gasteiger partial charge in [0.2, 0.25) is 5.91 Å². The van der Waals surface area contributed by atoms with Crippen LogP contribution in [0.1, 0.15) is 18.4 Å². The molecule has 1 fully saturated rings.